The highest BCUT2D eigenvalue weighted by Gasteiger charge is 2.66. The maximum atomic E-state index is 12.8. The fraction of sp³-hybridized carbons (Fsp3) is 0.844. The van der Waals surface area contributed by atoms with E-state index in [1.165, 1.54) is 20.8 Å². The minimum atomic E-state index is -2.09. The van der Waals surface area contributed by atoms with E-state index in [0.29, 0.717) is 19.3 Å². The van der Waals surface area contributed by atoms with E-state index in [1.807, 2.05) is 6.92 Å². The highest BCUT2D eigenvalue weighted by molar-refractivity contribution is 6.73. The second kappa shape index (κ2) is 12.7. The highest BCUT2D eigenvalue weighted by atomic mass is 28.4. The molecule has 2 saturated carbocycles. The predicted molar refractivity (Wildman–Crippen MR) is 161 cm³/mol. The lowest BCUT2D eigenvalue weighted by Gasteiger charge is -2.61. The van der Waals surface area contributed by atoms with Crippen LogP contribution < -0.4 is 0 Å². The van der Waals surface area contributed by atoms with Crippen molar-refractivity contribution in [2.75, 3.05) is 6.61 Å². The zero-order chi connectivity index (χ0) is 31.8. The van der Waals surface area contributed by atoms with Crippen molar-refractivity contribution in [3.63, 3.8) is 0 Å². The van der Waals surface area contributed by atoms with E-state index in [1.54, 1.807) is 0 Å². The number of rotatable bonds is 9. The van der Waals surface area contributed by atoms with Crippen molar-refractivity contribution in [1.29, 1.82) is 0 Å². The Balaban J connectivity index is 2.34. The molecule has 42 heavy (non-hydrogen) atoms. The zero-order valence-electron chi connectivity index (χ0n) is 27.4. The molecule has 240 valence electrons. The molecular formula is C32H54O9Si. The fourth-order valence-corrected chi connectivity index (χ4v) is 11.5. The summed E-state index contributed by atoms with van der Waals surface area (Å²) in [6.45, 7) is 18.4. The summed E-state index contributed by atoms with van der Waals surface area (Å²) < 4.78 is 24.8. The third-order valence-electron chi connectivity index (χ3n) is 11.0. The normalized spacial score (nSPS) is 36.3. The van der Waals surface area contributed by atoms with Crippen molar-refractivity contribution >= 4 is 26.2 Å². The van der Waals surface area contributed by atoms with Gasteiger partial charge in [-0.15, -0.1) is 0 Å². The van der Waals surface area contributed by atoms with Gasteiger partial charge in [0.15, 0.2) is 8.32 Å². The summed E-state index contributed by atoms with van der Waals surface area (Å²) >= 11 is 0. The molecule has 2 bridgehead atoms. The van der Waals surface area contributed by atoms with Crippen LogP contribution in [0.1, 0.15) is 94.9 Å². The Morgan fingerprint density at radius 2 is 1.50 bits per heavy atom. The van der Waals surface area contributed by atoms with Crippen LogP contribution >= 0.6 is 0 Å². The molecule has 0 saturated heterocycles. The fourth-order valence-electron chi connectivity index (χ4n) is 8.63. The molecule has 2 fully saturated rings. The predicted octanol–water partition coefficient (Wildman–Crippen LogP) is 5.08. The number of fused-ring (bicyclic) bond motifs is 3. The summed E-state index contributed by atoms with van der Waals surface area (Å²) in [5, 5.41) is 23.7. The Bertz CT molecular complexity index is 1060. The summed E-state index contributed by atoms with van der Waals surface area (Å²) in [5.41, 5.74) is -1.21. The van der Waals surface area contributed by atoms with Gasteiger partial charge in [-0.25, -0.2) is 0 Å². The van der Waals surface area contributed by atoms with Crippen molar-refractivity contribution in [2.45, 2.75) is 143 Å². The average molecular weight is 611 g/mol. The standard InChI is InChI=1S/C32H54O9Si/c1-11-42(12-2,13-3)41-24-16-23-28(40-22(7)35)29-31(10,15-14-26(36)32(29,37)18-38-20(5)33)17-25(39-21(6)34)27(19(24)4)30(23,8)9/h23-26,28-29,36-37H,11-18H2,1-10H3/t23?,24-,25-,26-,28+,29?,31-,32-/m0/s1. The Morgan fingerprint density at radius 1 is 0.929 bits per heavy atom. The molecule has 0 aliphatic heterocycles. The first-order valence-electron chi connectivity index (χ1n) is 15.7. The van der Waals surface area contributed by atoms with Gasteiger partial charge < -0.3 is 28.8 Å². The minimum absolute atomic E-state index is 0.250. The van der Waals surface area contributed by atoms with Gasteiger partial charge in [0.25, 0.3) is 0 Å². The third kappa shape index (κ3) is 6.37. The van der Waals surface area contributed by atoms with E-state index in [4.69, 9.17) is 18.6 Å². The number of carbonyl (C=O) groups excluding carboxylic acids is 3. The molecule has 0 heterocycles. The van der Waals surface area contributed by atoms with Crippen molar-refractivity contribution in [3.8, 4) is 0 Å². The Hall–Kier alpha value is -1.75. The van der Waals surface area contributed by atoms with E-state index in [9.17, 15) is 24.6 Å². The van der Waals surface area contributed by atoms with Crippen LogP contribution in [0.5, 0.6) is 0 Å². The minimum Gasteiger partial charge on any atom is -0.463 e. The van der Waals surface area contributed by atoms with Crippen LogP contribution in [-0.2, 0) is 33.0 Å². The molecule has 8 atom stereocenters. The van der Waals surface area contributed by atoms with E-state index in [-0.39, 0.29) is 18.4 Å². The largest absolute Gasteiger partial charge is 0.463 e. The Morgan fingerprint density at radius 3 is 2.00 bits per heavy atom. The summed E-state index contributed by atoms with van der Waals surface area (Å²) in [6, 6.07) is 2.88. The number of hydrogen-bond donors (Lipinski definition) is 2. The van der Waals surface area contributed by atoms with Crippen molar-refractivity contribution in [3.05, 3.63) is 11.1 Å². The summed E-state index contributed by atoms with van der Waals surface area (Å²) in [7, 11) is -2.09. The average Bonchev–Trinajstić information content (AvgIpc) is 2.88. The molecule has 3 rings (SSSR count). The van der Waals surface area contributed by atoms with Gasteiger partial charge in [-0.2, -0.15) is 0 Å². The lowest BCUT2D eigenvalue weighted by atomic mass is 9.48. The SMILES string of the molecule is CC[Si](CC)(CC)O[C@H]1CC2[C@@H](OC(C)=O)C3[C@@](C)(CC[C@H](O)[C@@]3(O)COC(C)=O)C[C@H](OC(C)=O)C(=C1C)C2(C)C. The molecule has 0 aromatic rings. The Labute approximate surface area is 252 Å². The van der Waals surface area contributed by atoms with Gasteiger partial charge >= 0.3 is 17.9 Å². The molecule has 2 N–H and O–H groups in total. The lowest BCUT2D eigenvalue weighted by Crippen LogP contribution is -2.68. The van der Waals surface area contributed by atoms with Crippen molar-refractivity contribution in [1.82, 2.24) is 0 Å². The summed E-state index contributed by atoms with van der Waals surface area (Å²) in [6.07, 6.45) is -1.30. The summed E-state index contributed by atoms with van der Waals surface area (Å²) in [4.78, 5) is 37.3. The molecule has 3 aliphatic carbocycles. The van der Waals surface area contributed by atoms with Gasteiger partial charge in [0.2, 0.25) is 0 Å². The number of carbonyl (C=O) groups is 3. The first kappa shape index (κ1) is 34.7. The van der Waals surface area contributed by atoms with Crippen molar-refractivity contribution in [2.24, 2.45) is 22.7 Å². The maximum Gasteiger partial charge on any atom is 0.303 e. The molecule has 0 spiro atoms. The van der Waals surface area contributed by atoms with E-state index < -0.39 is 73.5 Å². The molecule has 10 heteroatoms. The Kier molecular flexibility index (Phi) is 10.5. The van der Waals surface area contributed by atoms with Crippen LogP contribution in [0.25, 0.3) is 0 Å². The van der Waals surface area contributed by atoms with Crippen LogP contribution in [0.3, 0.4) is 0 Å². The third-order valence-corrected chi connectivity index (χ3v) is 15.6. The molecule has 0 aromatic carbocycles. The second-order valence-corrected chi connectivity index (χ2v) is 18.6. The van der Waals surface area contributed by atoms with Gasteiger partial charge in [0.05, 0.1) is 12.2 Å². The maximum absolute atomic E-state index is 12.8. The van der Waals surface area contributed by atoms with E-state index in [0.717, 1.165) is 29.3 Å². The van der Waals surface area contributed by atoms with Crippen LogP contribution in [0, 0.1) is 22.7 Å². The van der Waals surface area contributed by atoms with Crippen LogP contribution in [0.4, 0.5) is 0 Å². The highest BCUT2D eigenvalue weighted by Crippen LogP contribution is 2.61. The van der Waals surface area contributed by atoms with E-state index >= 15 is 0 Å². The van der Waals surface area contributed by atoms with Gasteiger partial charge in [-0.05, 0) is 72.7 Å². The molecular weight excluding hydrogens is 556 g/mol. The smallest absolute Gasteiger partial charge is 0.303 e. The molecule has 2 unspecified atom stereocenters. The second-order valence-electron chi connectivity index (χ2n) is 13.8. The molecule has 0 radical (unpaired) electrons. The molecule has 3 aliphatic rings. The first-order chi connectivity index (χ1) is 19.4. The molecule has 9 nitrogen and oxygen atoms in total. The number of aliphatic hydroxyl groups is 2. The molecule has 0 amide bonds. The number of aliphatic hydroxyl groups excluding tert-OH is 1. The number of ether oxygens (including phenoxy) is 3. The quantitative estimate of drug-likeness (QED) is 0.159. The summed E-state index contributed by atoms with van der Waals surface area (Å²) in [5.74, 6) is -2.64. The van der Waals surface area contributed by atoms with Gasteiger partial charge in [0, 0.05) is 32.6 Å². The van der Waals surface area contributed by atoms with Crippen molar-refractivity contribution < 1.29 is 43.2 Å². The van der Waals surface area contributed by atoms with Crippen LogP contribution in [-0.4, -0.2) is 73.1 Å². The monoisotopic (exact) mass is 610 g/mol. The van der Waals surface area contributed by atoms with Gasteiger partial charge in [-0.1, -0.05) is 41.5 Å². The molecule has 0 aromatic heterocycles. The number of esters is 3. The van der Waals surface area contributed by atoms with Crippen LogP contribution in [0.2, 0.25) is 18.1 Å². The topological polar surface area (TPSA) is 129 Å². The first-order valence-corrected chi connectivity index (χ1v) is 18.2. The van der Waals surface area contributed by atoms with Gasteiger partial charge in [0.1, 0.15) is 24.4 Å². The number of hydrogen-bond acceptors (Lipinski definition) is 9. The van der Waals surface area contributed by atoms with E-state index in [2.05, 4.69) is 41.5 Å². The lowest BCUT2D eigenvalue weighted by molar-refractivity contribution is -0.252. The van der Waals surface area contributed by atoms with Gasteiger partial charge in [-0.3, -0.25) is 14.4 Å². The van der Waals surface area contributed by atoms with Crippen LogP contribution in [0.15, 0.2) is 11.1 Å². The zero-order valence-corrected chi connectivity index (χ0v) is 28.4.